The van der Waals surface area contributed by atoms with Gasteiger partial charge in [-0.2, -0.15) is 5.10 Å². The Bertz CT molecular complexity index is 522. The van der Waals surface area contributed by atoms with Crippen molar-refractivity contribution in [3.05, 3.63) is 23.5 Å². The maximum atomic E-state index is 5.71. The van der Waals surface area contributed by atoms with Crippen molar-refractivity contribution in [2.75, 3.05) is 13.7 Å². The van der Waals surface area contributed by atoms with Gasteiger partial charge in [-0.1, -0.05) is 0 Å². The van der Waals surface area contributed by atoms with Gasteiger partial charge in [0.2, 0.25) is 0 Å². The predicted molar refractivity (Wildman–Crippen MR) is 69.8 cm³/mol. The van der Waals surface area contributed by atoms with Crippen LogP contribution < -0.4 is 11.2 Å². The number of fused-ring (bicyclic) bond motifs is 1. The first kappa shape index (κ1) is 12.9. The Labute approximate surface area is 106 Å². The van der Waals surface area contributed by atoms with Gasteiger partial charge in [0.05, 0.1) is 12.8 Å². The number of aromatic nitrogens is 3. The monoisotopic (exact) mass is 249 g/mol. The lowest BCUT2D eigenvalue weighted by Crippen LogP contribution is -2.15. The molecule has 2 aromatic rings. The van der Waals surface area contributed by atoms with Gasteiger partial charge in [-0.3, -0.25) is 0 Å². The van der Waals surface area contributed by atoms with E-state index in [1.807, 2.05) is 23.7 Å². The van der Waals surface area contributed by atoms with Crippen molar-refractivity contribution in [2.24, 2.45) is 5.73 Å². The van der Waals surface area contributed by atoms with Crippen LogP contribution in [0.4, 0.5) is 0 Å². The van der Waals surface area contributed by atoms with Crippen molar-refractivity contribution in [3.8, 4) is 0 Å². The Morgan fingerprint density at radius 2 is 2.28 bits per heavy atom. The number of hydroxylamine groups is 1. The number of aryl methyl sites for hydroxylation is 2. The van der Waals surface area contributed by atoms with Crippen molar-refractivity contribution >= 4 is 11.0 Å². The normalized spacial score (nSPS) is 11.3. The third kappa shape index (κ3) is 2.66. The highest BCUT2D eigenvalue weighted by atomic mass is 16.6. The zero-order chi connectivity index (χ0) is 13.0. The van der Waals surface area contributed by atoms with E-state index in [-0.39, 0.29) is 0 Å². The van der Waals surface area contributed by atoms with E-state index < -0.39 is 0 Å². The molecule has 6 nitrogen and oxygen atoms in total. The average molecular weight is 249 g/mol. The molecule has 0 saturated carbocycles. The summed E-state index contributed by atoms with van der Waals surface area (Å²) in [5, 5.41) is 5.55. The minimum atomic E-state index is 0.435. The fourth-order valence-corrected chi connectivity index (χ4v) is 1.92. The summed E-state index contributed by atoms with van der Waals surface area (Å²) in [7, 11) is 1.61. The molecule has 2 aromatic heterocycles. The van der Waals surface area contributed by atoms with Crippen LogP contribution in [0.1, 0.15) is 17.8 Å². The van der Waals surface area contributed by atoms with E-state index in [2.05, 4.69) is 15.6 Å². The molecule has 0 radical (unpaired) electrons. The van der Waals surface area contributed by atoms with Crippen LogP contribution in [0.3, 0.4) is 0 Å². The number of nitrogens with two attached hydrogens (primary N) is 1. The number of pyridine rings is 1. The Morgan fingerprint density at radius 1 is 1.44 bits per heavy atom. The lowest BCUT2D eigenvalue weighted by Gasteiger charge is -2.03. The minimum Gasteiger partial charge on any atom is -0.325 e. The molecule has 0 saturated heterocycles. The van der Waals surface area contributed by atoms with E-state index in [1.54, 1.807) is 7.11 Å². The molecule has 3 N–H and O–H groups in total. The predicted octanol–water partition coefficient (Wildman–Crippen LogP) is 0.740. The van der Waals surface area contributed by atoms with Crippen molar-refractivity contribution in [3.63, 3.8) is 0 Å². The largest absolute Gasteiger partial charge is 0.325 e. The molecule has 0 fully saturated rings. The summed E-state index contributed by atoms with van der Waals surface area (Å²) in [6.45, 7) is 3.99. The van der Waals surface area contributed by atoms with Gasteiger partial charge in [-0.25, -0.2) is 15.1 Å². The van der Waals surface area contributed by atoms with Crippen LogP contribution in [-0.2, 0) is 17.9 Å². The second kappa shape index (κ2) is 5.90. The standard InChI is InChI=1S/C12H19N5O/c1-9-4-5-10-11(8-13)16-17(12(10)15-9)7-3-6-14-18-2/h4-5,14H,3,6-8,13H2,1-2H3. The fraction of sp³-hybridized carbons (Fsp3) is 0.500. The maximum Gasteiger partial charge on any atom is 0.158 e. The van der Waals surface area contributed by atoms with Gasteiger partial charge in [0.25, 0.3) is 0 Å². The molecule has 0 aliphatic rings. The summed E-state index contributed by atoms with van der Waals surface area (Å²) in [5.41, 5.74) is 11.3. The Kier molecular flexibility index (Phi) is 4.24. The van der Waals surface area contributed by atoms with Crippen molar-refractivity contribution in [1.29, 1.82) is 0 Å². The topological polar surface area (TPSA) is 78.0 Å². The van der Waals surface area contributed by atoms with Crippen LogP contribution in [0.15, 0.2) is 12.1 Å². The van der Waals surface area contributed by atoms with Gasteiger partial charge in [0.1, 0.15) is 0 Å². The highest BCUT2D eigenvalue weighted by Crippen LogP contribution is 2.17. The summed E-state index contributed by atoms with van der Waals surface area (Å²) in [5.74, 6) is 0. The Hall–Kier alpha value is -1.50. The number of rotatable bonds is 6. The van der Waals surface area contributed by atoms with E-state index in [0.29, 0.717) is 6.54 Å². The van der Waals surface area contributed by atoms with E-state index in [9.17, 15) is 0 Å². The van der Waals surface area contributed by atoms with Crippen LogP contribution in [-0.4, -0.2) is 28.4 Å². The van der Waals surface area contributed by atoms with E-state index in [4.69, 9.17) is 10.6 Å². The van der Waals surface area contributed by atoms with Gasteiger partial charge in [-0.15, -0.1) is 0 Å². The number of nitrogens with zero attached hydrogens (tertiary/aromatic N) is 3. The Balaban J connectivity index is 2.23. The first-order valence-corrected chi connectivity index (χ1v) is 6.05. The molecular weight excluding hydrogens is 230 g/mol. The Morgan fingerprint density at radius 3 is 3.00 bits per heavy atom. The average Bonchev–Trinajstić information content (AvgIpc) is 2.72. The van der Waals surface area contributed by atoms with Crippen LogP contribution in [0, 0.1) is 6.92 Å². The SMILES string of the molecule is CONCCCn1nc(CN)c2ccc(C)nc21. The van der Waals surface area contributed by atoms with Gasteiger partial charge >= 0.3 is 0 Å². The fourth-order valence-electron chi connectivity index (χ4n) is 1.92. The van der Waals surface area contributed by atoms with Crippen molar-refractivity contribution in [1.82, 2.24) is 20.2 Å². The molecule has 2 rings (SSSR count). The molecule has 0 amide bonds. The molecule has 6 heteroatoms. The molecule has 0 atom stereocenters. The summed E-state index contributed by atoms with van der Waals surface area (Å²) in [6, 6.07) is 4.02. The van der Waals surface area contributed by atoms with Gasteiger partial charge in [-0.05, 0) is 25.5 Å². The van der Waals surface area contributed by atoms with Crippen molar-refractivity contribution in [2.45, 2.75) is 26.4 Å². The van der Waals surface area contributed by atoms with Gasteiger partial charge in [0, 0.05) is 30.7 Å². The highest BCUT2D eigenvalue weighted by molar-refractivity contribution is 5.78. The molecule has 18 heavy (non-hydrogen) atoms. The first-order valence-electron chi connectivity index (χ1n) is 6.05. The van der Waals surface area contributed by atoms with Crippen LogP contribution in [0.5, 0.6) is 0 Å². The molecule has 0 aliphatic carbocycles. The number of hydrogen-bond donors (Lipinski definition) is 2. The molecule has 0 bridgehead atoms. The summed E-state index contributed by atoms with van der Waals surface area (Å²) < 4.78 is 1.92. The third-order valence-corrected chi connectivity index (χ3v) is 2.80. The quantitative estimate of drug-likeness (QED) is 0.583. The molecule has 0 spiro atoms. The number of nitrogens with one attached hydrogen (secondary N) is 1. The maximum absolute atomic E-state index is 5.71. The lowest BCUT2D eigenvalue weighted by molar-refractivity contribution is 0.0899. The molecule has 0 aromatic carbocycles. The molecular formula is C12H19N5O. The first-order chi connectivity index (χ1) is 8.76. The van der Waals surface area contributed by atoms with E-state index in [1.165, 1.54) is 0 Å². The van der Waals surface area contributed by atoms with E-state index in [0.717, 1.165) is 41.9 Å². The highest BCUT2D eigenvalue weighted by Gasteiger charge is 2.10. The van der Waals surface area contributed by atoms with Crippen LogP contribution in [0.2, 0.25) is 0 Å². The zero-order valence-electron chi connectivity index (χ0n) is 10.8. The summed E-state index contributed by atoms with van der Waals surface area (Å²) >= 11 is 0. The van der Waals surface area contributed by atoms with Gasteiger partial charge < -0.3 is 10.6 Å². The third-order valence-electron chi connectivity index (χ3n) is 2.80. The van der Waals surface area contributed by atoms with E-state index >= 15 is 0 Å². The van der Waals surface area contributed by atoms with Crippen LogP contribution >= 0.6 is 0 Å². The van der Waals surface area contributed by atoms with Crippen molar-refractivity contribution < 1.29 is 4.84 Å². The molecule has 0 aliphatic heterocycles. The second-order valence-corrected chi connectivity index (χ2v) is 4.15. The molecule has 0 unspecified atom stereocenters. The molecule has 98 valence electrons. The summed E-state index contributed by atoms with van der Waals surface area (Å²) in [4.78, 5) is 9.33. The zero-order valence-corrected chi connectivity index (χ0v) is 10.8. The smallest absolute Gasteiger partial charge is 0.158 e. The van der Waals surface area contributed by atoms with Crippen LogP contribution in [0.25, 0.3) is 11.0 Å². The van der Waals surface area contributed by atoms with Gasteiger partial charge in [0.15, 0.2) is 5.65 Å². The number of hydrogen-bond acceptors (Lipinski definition) is 5. The minimum absolute atomic E-state index is 0.435. The molecule has 2 heterocycles. The second-order valence-electron chi connectivity index (χ2n) is 4.15. The summed E-state index contributed by atoms with van der Waals surface area (Å²) in [6.07, 6.45) is 0.921. The lowest BCUT2D eigenvalue weighted by atomic mass is 10.2.